The molecule has 14 heavy (non-hydrogen) atoms. The highest BCUT2D eigenvalue weighted by atomic mass is 16.5. The van der Waals surface area contributed by atoms with E-state index in [0.717, 1.165) is 0 Å². The summed E-state index contributed by atoms with van der Waals surface area (Å²) >= 11 is 0. The van der Waals surface area contributed by atoms with Gasteiger partial charge in [-0.05, 0) is 12.1 Å². The van der Waals surface area contributed by atoms with Crippen molar-refractivity contribution in [2.75, 3.05) is 13.2 Å². The van der Waals surface area contributed by atoms with Gasteiger partial charge in [0, 0.05) is 6.07 Å². The van der Waals surface area contributed by atoms with Crippen molar-refractivity contribution in [3.63, 3.8) is 0 Å². The summed E-state index contributed by atoms with van der Waals surface area (Å²) in [6, 6.07) is 6.32. The number of hydrogen-bond donors (Lipinski definition) is 3. The van der Waals surface area contributed by atoms with Crippen LogP contribution in [0.4, 0.5) is 4.79 Å². The number of carboxylic acid groups (broad SMARTS) is 1. The molecule has 76 valence electrons. The minimum Gasteiger partial charge on any atom is -0.508 e. The molecule has 5 heteroatoms. The van der Waals surface area contributed by atoms with Crippen LogP contribution in [-0.4, -0.2) is 29.5 Å². The second-order valence-electron chi connectivity index (χ2n) is 2.58. The summed E-state index contributed by atoms with van der Waals surface area (Å²) in [5.41, 5.74) is 0. The lowest BCUT2D eigenvalue weighted by Crippen LogP contribution is -2.26. The molecule has 0 atom stereocenters. The van der Waals surface area contributed by atoms with Crippen LogP contribution in [0, 0.1) is 0 Å². The van der Waals surface area contributed by atoms with Crippen molar-refractivity contribution in [1.29, 1.82) is 0 Å². The average Bonchev–Trinajstić information content (AvgIpc) is 2.12. The van der Waals surface area contributed by atoms with E-state index in [2.05, 4.69) is 5.32 Å². The summed E-state index contributed by atoms with van der Waals surface area (Å²) in [6.45, 7) is 0.445. The Bertz CT molecular complexity index is 313. The van der Waals surface area contributed by atoms with E-state index >= 15 is 0 Å². The second-order valence-corrected chi connectivity index (χ2v) is 2.58. The van der Waals surface area contributed by atoms with Crippen molar-refractivity contribution in [3.05, 3.63) is 24.3 Å². The summed E-state index contributed by atoms with van der Waals surface area (Å²) in [5.74, 6) is 0.630. The number of carbonyl (C=O) groups is 1. The van der Waals surface area contributed by atoms with Crippen molar-refractivity contribution in [3.8, 4) is 11.5 Å². The standard InChI is InChI=1S/C9H11NO4/c11-7-2-1-3-8(6-7)14-5-4-10-9(12)13/h1-3,6,10-11H,4-5H2,(H,12,13). The molecule has 0 aliphatic heterocycles. The third-order valence-electron chi connectivity index (χ3n) is 1.46. The van der Waals surface area contributed by atoms with Gasteiger partial charge in [-0.3, -0.25) is 0 Å². The van der Waals surface area contributed by atoms with Crippen LogP contribution in [0.15, 0.2) is 24.3 Å². The summed E-state index contributed by atoms with van der Waals surface area (Å²) in [7, 11) is 0. The monoisotopic (exact) mass is 197 g/mol. The molecule has 1 aromatic carbocycles. The zero-order chi connectivity index (χ0) is 10.4. The molecule has 0 bridgehead atoms. The van der Waals surface area contributed by atoms with Gasteiger partial charge in [-0.1, -0.05) is 6.07 Å². The van der Waals surface area contributed by atoms with Crippen LogP contribution >= 0.6 is 0 Å². The molecule has 0 saturated carbocycles. The zero-order valence-electron chi connectivity index (χ0n) is 7.43. The molecule has 0 fully saturated rings. The molecule has 1 amide bonds. The van der Waals surface area contributed by atoms with Crippen molar-refractivity contribution < 1.29 is 19.7 Å². The molecule has 0 spiro atoms. The Balaban J connectivity index is 2.28. The Morgan fingerprint density at radius 2 is 2.29 bits per heavy atom. The first kappa shape index (κ1) is 10.2. The van der Waals surface area contributed by atoms with E-state index < -0.39 is 6.09 Å². The third-order valence-corrected chi connectivity index (χ3v) is 1.46. The SMILES string of the molecule is O=C(O)NCCOc1cccc(O)c1. The minimum absolute atomic E-state index is 0.119. The first-order chi connectivity index (χ1) is 6.68. The highest BCUT2D eigenvalue weighted by molar-refractivity contribution is 5.64. The van der Waals surface area contributed by atoms with Crippen molar-refractivity contribution in [2.24, 2.45) is 0 Å². The van der Waals surface area contributed by atoms with Gasteiger partial charge in [0.05, 0.1) is 6.54 Å². The summed E-state index contributed by atoms with van der Waals surface area (Å²) in [6.07, 6.45) is -1.08. The molecule has 1 rings (SSSR count). The molecule has 0 unspecified atom stereocenters. The molecule has 5 nitrogen and oxygen atoms in total. The molecule has 0 aliphatic rings. The van der Waals surface area contributed by atoms with E-state index in [-0.39, 0.29) is 18.9 Å². The van der Waals surface area contributed by atoms with E-state index in [0.29, 0.717) is 5.75 Å². The highest BCUT2D eigenvalue weighted by Crippen LogP contribution is 2.17. The molecule has 0 saturated heterocycles. The number of phenols is 1. The van der Waals surface area contributed by atoms with E-state index in [1.165, 1.54) is 12.1 Å². The largest absolute Gasteiger partial charge is 0.508 e. The quantitative estimate of drug-likeness (QED) is 0.630. The first-order valence-corrected chi connectivity index (χ1v) is 4.07. The summed E-state index contributed by atoms with van der Waals surface area (Å²) in [5, 5.41) is 19.5. The van der Waals surface area contributed by atoms with Crippen LogP contribution in [0.25, 0.3) is 0 Å². The lowest BCUT2D eigenvalue weighted by Gasteiger charge is -2.05. The Morgan fingerprint density at radius 1 is 1.50 bits per heavy atom. The van der Waals surface area contributed by atoms with Gasteiger partial charge in [0.25, 0.3) is 0 Å². The molecular weight excluding hydrogens is 186 g/mol. The zero-order valence-corrected chi connectivity index (χ0v) is 7.43. The predicted octanol–water partition coefficient (Wildman–Crippen LogP) is 1.04. The summed E-state index contributed by atoms with van der Waals surface area (Å²) < 4.78 is 5.15. The van der Waals surface area contributed by atoms with Crippen LogP contribution in [0.1, 0.15) is 0 Å². The molecule has 0 heterocycles. The number of phenolic OH excluding ortho intramolecular Hbond substituents is 1. The smallest absolute Gasteiger partial charge is 0.404 e. The number of nitrogens with one attached hydrogen (secondary N) is 1. The van der Waals surface area contributed by atoms with E-state index in [1.807, 2.05) is 0 Å². The molecule has 1 aromatic rings. The van der Waals surface area contributed by atoms with Gasteiger partial charge in [-0.2, -0.15) is 0 Å². The number of rotatable bonds is 4. The number of hydrogen-bond acceptors (Lipinski definition) is 3. The Labute approximate surface area is 80.9 Å². The molecule has 0 radical (unpaired) electrons. The number of benzene rings is 1. The van der Waals surface area contributed by atoms with Crippen LogP contribution < -0.4 is 10.1 Å². The van der Waals surface area contributed by atoms with E-state index in [4.69, 9.17) is 14.9 Å². The van der Waals surface area contributed by atoms with Crippen molar-refractivity contribution >= 4 is 6.09 Å². The lowest BCUT2D eigenvalue weighted by molar-refractivity contribution is 0.191. The van der Waals surface area contributed by atoms with Crippen LogP contribution in [0.2, 0.25) is 0 Å². The van der Waals surface area contributed by atoms with Crippen LogP contribution in [0.3, 0.4) is 0 Å². The lowest BCUT2D eigenvalue weighted by atomic mass is 10.3. The second kappa shape index (κ2) is 4.96. The van der Waals surface area contributed by atoms with E-state index in [1.54, 1.807) is 12.1 Å². The fraction of sp³-hybridized carbons (Fsp3) is 0.222. The van der Waals surface area contributed by atoms with Crippen LogP contribution in [0.5, 0.6) is 11.5 Å². The maximum Gasteiger partial charge on any atom is 0.404 e. The summed E-state index contributed by atoms with van der Waals surface area (Å²) in [4.78, 5) is 10.1. The van der Waals surface area contributed by atoms with Gasteiger partial charge in [0.15, 0.2) is 0 Å². The van der Waals surface area contributed by atoms with Gasteiger partial charge in [-0.25, -0.2) is 4.79 Å². The molecular formula is C9H11NO4. The number of amides is 1. The van der Waals surface area contributed by atoms with Gasteiger partial charge in [-0.15, -0.1) is 0 Å². The van der Waals surface area contributed by atoms with Crippen molar-refractivity contribution in [2.45, 2.75) is 0 Å². The Kier molecular flexibility index (Phi) is 3.60. The van der Waals surface area contributed by atoms with Gasteiger partial charge in [0.2, 0.25) is 0 Å². The Morgan fingerprint density at radius 3 is 2.93 bits per heavy atom. The maximum absolute atomic E-state index is 10.1. The third kappa shape index (κ3) is 3.66. The van der Waals surface area contributed by atoms with Gasteiger partial charge >= 0.3 is 6.09 Å². The fourth-order valence-corrected chi connectivity index (χ4v) is 0.900. The van der Waals surface area contributed by atoms with Crippen LogP contribution in [-0.2, 0) is 0 Å². The maximum atomic E-state index is 10.1. The van der Waals surface area contributed by atoms with Crippen molar-refractivity contribution in [1.82, 2.24) is 5.32 Å². The number of ether oxygens (including phenoxy) is 1. The normalized spacial score (nSPS) is 9.43. The fourth-order valence-electron chi connectivity index (χ4n) is 0.900. The average molecular weight is 197 g/mol. The minimum atomic E-state index is -1.08. The van der Waals surface area contributed by atoms with E-state index in [9.17, 15) is 4.79 Å². The first-order valence-electron chi connectivity index (χ1n) is 4.07. The Hall–Kier alpha value is -1.91. The van der Waals surface area contributed by atoms with Gasteiger partial charge in [0.1, 0.15) is 18.1 Å². The molecule has 0 aliphatic carbocycles. The van der Waals surface area contributed by atoms with Gasteiger partial charge < -0.3 is 20.3 Å². The topological polar surface area (TPSA) is 78.8 Å². The molecule has 0 aromatic heterocycles. The predicted molar refractivity (Wildman–Crippen MR) is 49.6 cm³/mol. The highest BCUT2D eigenvalue weighted by Gasteiger charge is 1.96. The number of aromatic hydroxyl groups is 1. The molecule has 3 N–H and O–H groups in total.